The summed E-state index contributed by atoms with van der Waals surface area (Å²) in [7, 11) is 1.40. The minimum Gasteiger partial charge on any atom is -0.493 e. The van der Waals surface area contributed by atoms with Crippen molar-refractivity contribution in [3.8, 4) is 11.5 Å². The Kier molecular flexibility index (Phi) is 4.49. The minimum atomic E-state index is -0.814. The van der Waals surface area contributed by atoms with Crippen LogP contribution in [0.25, 0.3) is 0 Å². The SMILES string of the molecule is COc1cc(C(C)O)cc([N+](=O)[O-])c1OC(C)C. The lowest BCUT2D eigenvalue weighted by atomic mass is 10.1. The van der Waals surface area contributed by atoms with Gasteiger partial charge in [0.15, 0.2) is 5.75 Å². The number of hydrogen-bond donors (Lipinski definition) is 1. The first kappa shape index (κ1) is 14.2. The number of rotatable bonds is 5. The molecule has 1 rings (SSSR count). The number of methoxy groups -OCH3 is 1. The Balaban J connectivity index is 3.41. The van der Waals surface area contributed by atoms with Crippen LogP contribution in [0.2, 0.25) is 0 Å². The molecule has 0 aliphatic rings. The summed E-state index contributed by atoms with van der Waals surface area (Å²) < 4.78 is 10.5. The second-order valence-electron chi connectivity index (χ2n) is 4.17. The van der Waals surface area contributed by atoms with E-state index in [2.05, 4.69) is 0 Å². The van der Waals surface area contributed by atoms with E-state index in [4.69, 9.17) is 9.47 Å². The van der Waals surface area contributed by atoms with E-state index in [1.807, 2.05) is 0 Å². The van der Waals surface area contributed by atoms with Crippen LogP contribution in [-0.2, 0) is 0 Å². The molecule has 0 amide bonds. The molecule has 6 heteroatoms. The van der Waals surface area contributed by atoms with Gasteiger partial charge >= 0.3 is 5.69 Å². The van der Waals surface area contributed by atoms with Gasteiger partial charge in [-0.15, -0.1) is 0 Å². The van der Waals surface area contributed by atoms with Gasteiger partial charge in [-0.2, -0.15) is 0 Å². The predicted molar refractivity (Wildman–Crippen MR) is 66.0 cm³/mol. The van der Waals surface area contributed by atoms with Crippen LogP contribution in [0, 0.1) is 10.1 Å². The lowest BCUT2D eigenvalue weighted by Crippen LogP contribution is -2.09. The molecule has 1 unspecified atom stereocenters. The van der Waals surface area contributed by atoms with Crippen molar-refractivity contribution in [2.45, 2.75) is 33.0 Å². The number of hydrogen-bond acceptors (Lipinski definition) is 5. The molecule has 0 saturated carbocycles. The molecule has 0 fully saturated rings. The van der Waals surface area contributed by atoms with E-state index < -0.39 is 11.0 Å². The molecule has 0 bridgehead atoms. The summed E-state index contributed by atoms with van der Waals surface area (Å²) in [5, 5.41) is 20.5. The van der Waals surface area contributed by atoms with Gasteiger partial charge in [-0.3, -0.25) is 10.1 Å². The summed E-state index contributed by atoms with van der Waals surface area (Å²) in [5.41, 5.74) is 0.202. The fraction of sp³-hybridized carbons (Fsp3) is 0.500. The zero-order valence-corrected chi connectivity index (χ0v) is 10.8. The fourth-order valence-electron chi connectivity index (χ4n) is 1.49. The summed E-state index contributed by atoms with van der Waals surface area (Å²) in [6, 6.07) is 2.83. The topological polar surface area (TPSA) is 81.8 Å². The van der Waals surface area contributed by atoms with Crippen molar-refractivity contribution in [1.82, 2.24) is 0 Å². The zero-order chi connectivity index (χ0) is 13.9. The Morgan fingerprint density at radius 3 is 2.33 bits per heavy atom. The van der Waals surface area contributed by atoms with Crippen LogP contribution in [0.15, 0.2) is 12.1 Å². The molecule has 0 aliphatic heterocycles. The van der Waals surface area contributed by atoms with E-state index in [0.717, 1.165) is 0 Å². The van der Waals surface area contributed by atoms with Crippen molar-refractivity contribution in [3.63, 3.8) is 0 Å². The van der Waals surface area contributed by atoms with Crippen molar-refractivity contribution >= 4 is 5.69 Å². The normalized spacial score (nSPS) is 12.3. The van der Waals surface area contributed by atoms with Gasteiger partial charge < -0.3 is 14.6 Å². The Bertz CT molecular complexity index is 442. The highest BCUT2D eigenvalue weighted by atomic mass is 16.6. The third-order valence-electron chi connectivity index (χ3n) is 2.31. The second kappa shape index (κ2) is 5.68. The molecule has 18 heavy (non-hydrogen) atoms. The monoisotopic (exact) mass is 255 g/mol. The van der Waals surface area contributed by atoms with E-state index >= 15 is 0 Å². The highest BCUT2D eigenvalue weighted by Gasteiger charge is 2.24. The molecule has 6 nitrogen and oxygen atoms in total. The maximum Gasteiger partial charge on any atom is 0.315 e. The van der Waals surface area contributed by atoms with Crippen molar-refractivity contribution in [2.24, 2.45) is 0 Å². The van der Waals surface area contributed by atoms with Crippen molar-refractivity contribution in [2.75, 3.05) is 7.11 Å². The van der Waals surface area contributed by atoms with Crippen LogP contribution < -0.4 is 9.47 Å². The van der Waals surface area contributed by atoms with Crippen LogP contribution in [0.3, 0.4) is 0 Å². The third kappa shape index (κ3) is 3.10. The number of nitro groups is 1. The molecule has 1 N–H and O–H groups in total. The molecule has 0 radical (unpaired) electrons. The van der Waals surface area contributed by atoms with Gasteiger partial charge in [-0.25, -0.2) is 0 Å². The van der Waals surface area contributed by atoms with E-state index in [9.17, 15) is 15.2 Å². The van der Waals surface area contributed by atoms with E-state index in [1.165, 1.54) is 26.2 Å². The van der Waals surface area contributed by atoms with Crippen LogP contribution in [-0.4, -0.2) is 23.2 Å². The summed E-state index contributed by atoms with van der Waals surface area (Å²) in [6.45, 7) is 5.07. The first-order valence-corrected chi connectivity index (χ1v) is 5.57. The van der Waals surface area contributed by atoms with Crippen LogP contribution >= 0.6 is 0 Å². The maximum atomic E-state index is 11.0. The van der Waals surface area contributed by atoms with E-state index in [1.54, 1.807) is 13.8 Å². The Labute approximate surface area is 105 Å². The quantitative estimate of drug-likeness (QED) is 0.645. The van der Waals surface area contributed by atoms with Crippen molar-refractivity contribution in [1.29, 1.82) is 0 Å². The lowest BCUT2D eigenvalue weighted by molar-refractivity contribution is -0.386. The average Bonchev–Trinajstić information content (AvgIpc) is 2.27. The smallest absolute Gasteiger partial charge is 0.315 e. The zero-order valence-electron chi connectivity index (χ0n) is 10.8. The Morgan fingerprint density at radius 2 is 1.94 bits per heavy atom. The van der Waals surface area contributed by atoms with Crippen molar-refractivity contribution in [3.05, 3.63) is 27.8 Å². The van der Waals surface area contributed by atoms with Crippen LogP contribution in [0.4, 0.5) is 5.69 Å². The number of benzene rings is 1. The van der Waals surface area contributed by atoms with Gasteiger partial charge in [0.1, 0.15) is 0 Å². The summed E-state index contributed by atoms with van der Waals surface area (Å²) in [4.78, 5) is 10.5. The Morgan fingerprint density at radius 1 is 1.33 bits per heavy atom. The standard InChI is InChI=1S/C12H17NO5/c1-7(2)18-12-10(13(15)16)5-9(8(3)14)6-11(12)17-4/h5-8,14H,1-4H3. The van der Waals surface area contributed by atoms with E-state index in [-0.39, 0.29) is 23.3 Å². The van der Waals surface area contributed by atoms with Gasteiger partial charge in [0, 0.05) is 6.07 Å². The molecule has 1 atom stereocenters. The fourth-order valence-corrected chi connectivity index (χ4v) is 1.49. The molecule has 100 valence electrons. The lowest BCUT2D eigenvalue weighted by Gasteiger charge is -2.15. The summed E-state index contributed by atoms with van der Waals surface area (Å²) >= 11 is 0. The largest absolute Gasteiger partial charge is 0.493 e. The first-order chi connectivity index (χ1) is 8.36. The van der Waals surface area contributed by atoms with E-state index in [0.29, 0.717) is 5.56 Å². The molecule has 0 spiro atoms. The van der Waals surface area contributed by atoms with Gasteiger partial charge in [-0.1, -0.05) is 0 Å². The first-order valence-electron chi connectivity index (χ1n) is 5.57. The molecule has 0 aliphatic carbocycles. The maximum absolute atomic E-state index is 11.0. The molecular weight excluding hydrogens is 238 g/mol. The molecule has 0 aromatic heterocycles. The Hall–Kier alpha value is -1.82. The summed E-state index contributed by atoms with van der Waals surface area (Å²) in [6.07, 6.45) is -1.03. The molecule has 0 heterocycles. The third-order valence-corrected chi connectivity index (χ3v) is 2.31. The van der Waals surface area contributed by atoms with Gasteiger partial charge in [0.05, 0.1) is 24.2 Å². The van der Waals surface area contributed by atoms with Crippen LogP contribution in [0.5, 0.6) is 11.5 Å². The highest BCUT2D eigenvalue weighted by molar-refractivity contribution is 5.58. The summed E-state index contributed by atoms with van der Waals surface area (Å²) in [5.74, 6) is 0.329. The molecule has 1 aromatic rings. The number of aliphatic hydroxyl groups excluding tert-OH is 1. The molecule has 0 saturated heterocycles. The molecule has 1 aromatic carbocycles. The minimum absolute atomic E-state index is 0.0851. The average molecular weight is 255 g/mol. The van der Waals surface area contributed by atoms with Crippen LogP contribution in [0.1, 0.15) is 32.4 Å². The predicted octanol–water partition coefficient (Wildman–Crippen LogP) is 2.44. The van der Waals surface area contributed by atoms with Gasteiger partial charge in [-0.05, 0) is 32.4 Å². The van der Waals surface area contributed by atoms with Gasteiger partial charge in [0.2, 0.25) is 5.75 Å². The number of nitrogens with zero attached hydrogens (tertiary/aromatic N) is 1. The number of ether oxygens (including phenoxy) is 2. The second-order valence-corrected chi connectivity index (χ2v) is 4.17. The number of nitro benzene ring substituents is 1. The number of aliphatic hydroxyl groups is 1. The highest BCUT2D eigenvalue weighted by Crippen LogP contribution is 2.40. The van der Waals surface area contributed by atoms with Gasteiger partial charge in [0.25, 0.3) is 0 Å². The molecular formula is C12H17NO5. The van der Waals surface area contributed by atoms with Crippen molar-refractivity contribution < 1.29 is 19.5 Å².